The van der Waals surface area contributed by atoms with Gasteiger partial charge in [-0.05, 0) is 66.1 Å². The van der Waals surface area contributed by atoms with E-state index in [1.54, 1.807) is 19.2 Å². The van der Waals surface area contributed by atoms with Crippen molar-refractivity contribution in [1.82, 2.24) is 5.32 Å². The predicted molar refractivity (Wildman–Crippen MR) is 106 cm³/mol. The number of carbonyl (C=O) groups is 1. The third-order valence-corrected chi connectivity index (χ3v) is 4.24. The Kier molecular flexibility index (Phi) is 6.63. The summed E-state index contributed by atoms with van der Waals surface area (Å²) >= 11 is 0. The van der Waals surface area contributed by atoms with Gasteiger partial charge in [-0.3, -0.25) is 4.79 Å². The van der Waals surface area contributed by atoms with E-state index in [0.717, 1.165) is 16.9 Å². The number of carbonyl (C=O) groups excluding carboxylic acids is 1. The quantitative estimate of drug-likeness (QED) is 0.607. The van der Waals surface area contributed by atoms with Crippen molar-refractivity contribution in [1.29, 1.82) is 0 Å². The Hall–Kier alpha value is -3.34. The van der Waals surface area contributed by atoms with Gasteiger partial charge in [-0.2, -0.15) is 0 Å². The molecule has 144 valence electrons. The lowest BCUT2D eigenvalue weighted by Crippen LogP contribution is -2.22. The van der Waals surface area contributed by atoms with Crippen LogP contribution >= 0.6 is 0 Å². The zero-order valence-electron chi connectivity index (χ0n) is 15.7. The number of hydrogen-bond acceptors (Lipinski definition) is 3. The number of methoxy groups -OCH3 is 1. The van der Waals surface area contributed by atoms with E-state index < -0.39 is 0 Å². The van der Waals surface area contributed by atoms with Crippen LogP contribution in [-0.4, -0.2) is 13.0 Å². The van der Waals surface area contributed by atoms with E-state index in [2.05, 4.69) is 5.32 Å². The maximum atomic E-state index is 13.0. The first kappa shape index (κ1) is 19.4. The Morgan fingerprint density at radius 3 is 2.32 bits per heavy atom. The van der Waals surface area contributed by atoms with Crippen LogP contribution in [0.15, 0.2) is 72.8 Å². The zero-order valence-corrected chi connectivity index (χ0v) is 15.7. The first-order chi connectivity index (χ1) is 13.6. The minimum Gasteiger partial charge on any atom is -0.497 e. The average molecular weight is 379 g/mol. The number of amides is 1. The van der Waals surface area contributed by atoms with Crippen LogP contribution in [0, 0.1) is 5.82 Å². The third-order valence-electron chi connectivity index (χ3n) is 4.24. The van der Waals surface area contributed by atoms with Crippen LogP contribution in [0.1, 0.15) is 17.5 Å². The van der Waals surface area contributed by atoms with Crippen molar-refractivity contribution in [2.75, 3.05) is 7.11 Å². The van der Waals surface area contributed by atoms with E-state index in [9.17, 15) is 9.18 Å². The van der Waals surface area contributed by atoms with Crippen molar-refractivity contribution in [3.63, 3.8) is 0 Å². The van der Waals surface area contributed by atoms with Crippen LogP contribution in [0.4, 0.5) is 4.39 Å². The minimum atomic E-state index is -0.304. The van der Waals surface area contributed by atoms with Gasteiger partial charge in [0.15, 0.2) is 0 Å². The minimum absolute atomic E-state index is 0.0133. The van der Waals surface area contributed by atoms with Gasteiger partial charge in [-0.25, -0.2) is 4.39 Å². The largest absolute Gasteiger partial charge is 0.497 e. The lowest BCUT2D eigenvalue weighted by molar-refractivity contribution is -0.121. The van der Waals surface area contributed by atoms with E-state index in [1.807, 2.05) is 48.5 Å². The molecule has 0 unspecified atom stereocenters. The summed E-state index contributed by atoms with van der Waals surface area (Å²) < 4.78 is 23.8. The molecule has 0 aliphatic heterocycles. The highest BCUT2D eigenvalue weighted by Gasteiger charge is 2.05. The number of nitrogens with one attached hydrogen (secondary N) is 1. The van der Waals surface area contributed by atoms with Crippen LogP contribution in [0.2, 0.25) is 0 Å². The molecule has 5 heteroatoms. The second kappa shape index (κ2) is 9.55. The molecule has 0 heterocycles. The van der Waals surface area contributed by atoms with Crippen LogP contribution < -0.4 is 14.8 Å². The summed E-state index contributed by atoms with van der Waals surface area (Å²) in [5.41, 5.74) is 2.02. The van der Waals surface area contributed by atoms with Gasteiger partial charge in [0, 0.05) is 13.0 Å². The van der Waals surface area contributed by atoms with Gasteiger partial charge in [0.2, 0.25) is 5.91 Å². The highest BCUT2D eigenvalue weighted by Crippen LogP contribution is 2.23. The van der Waals surface area contributed by atoms with E-state index in [4.69, 9.17) is 9.47 Å². The predicted octanol–water partition coefficient (Wildman–Crippen LogP) is 4.88. The molecule has 0 aromatic heterocycles. The van der Waals surface area contributed by atoms with Crippen molar-refractivity contribution < 1.29 is 18.7 Å². The standard InChI is InChI=1S/C23H22FNO3/c1-27-20-10-5-18(6-11-20)16-25-23(26)14-7-17-3-2-4-22(15-17)28-21-12-8-19(24)9-13-21/h2-6,8-13,15H,7,14,16H2,1H3,(H,25,26). The smallest absolute Gasteiger partial charge is 0.220 e. The maximum Gasteiger partial charge on any atom is 0.220 e. The zero-order chi connectivity index (χ0) is 19.8. The SMILES string of the molecule is COc1ccc(CNC(=O)CCc2cccc(Oc3ccc(F)cc3)c2)cc1. The van der Waals surface area contributed by atoms with Crippen molar-refractivity contribution in [2.24, 2.45) is 0 Å². The molecule has 0 aliphatic carbocycles. The Labute approximate surface area is 163 Å². The average Bonchev–Trinajstić information content (AvgIpc) is 2.73. The van der Waals surface area contributed by atoms with Crippen molar-refractivity contribution in [2.45, 2.75) is 19.4 Å². The second-order valence-electron chi connectivity index (χ2n) is 6.33. The van der Waals surface area contributed by atoms with Gasteiger partial charge >= 0.3 is 0 Å². The fourth-order valence-electron chi connectivity index (χ4n) is 2.69. The molecule has 1 amide bonds. The topological polar surface area (TPSA) is 47.6 Å². The van der Waals surface area contributed by atoms with Crippen molar-refractivity contribution in [3.05, 3.63) is 89.7 Å². The first-order valence-electron chi connectivity index (χ1n) is 9.04. The molecule has 3 aromatic rings. The molecule has 0 fully saturated rings. The molecule has 0 atom stereocenters. The summed E-state index contributed by atoms with van der Waals surface area (Å²) in [6.45, 7) is 0.483. The molecule has 0 saturated heterocycles. The van der Waals surface area contributed by atoms with Gasteiger partial charge in [0.05, 0.1) is 7.11 Å². The van der Waals surface area contributed by atoms with E-state index in [-0.39, 0.29) is 11.7 Å². The highest BCUT2D eigenvalue weighted by molar-refractivity contribution is 5.76. The Balaban J connectivity index is 1.48. The fourth-order valence-corrected chi connectivity index (χ4v) is 2.69. The summed E-state index contributed by atoms with van der Waals surface area (Å²) in [5, 5.41) is 2.92. The van der Waals surface area contributed by atoms with Gasteiger partial charge in [-0.1, -0.05) is 24.3 Å². The highest BCUT2D eigenvalue weighted by atomic mass is 19.1. The summed E-state index contributed by atoms with van der Waals surface area (Å²) in [6.07, 6.45) is 0.991. The van der Waals surface area contributed by atoms with Crippen molar-refractivity contribution >= 4 is 5.91 Å². The molecule has 3 aromatic carbocycles. The number of rotatable bonds is 8. The maximum absolute atomic E-state index is 13.0. The van der Waals surface area contributed by atoms with Gasteiger partial charge in [-0.15, -0.1) is 0 Å². The summed E-state index contributed by atoms with van der Waals surface area (Å²) in [7, 11) is 1.62. The lowest BCUT2D eigenvalue weighted by Gasteiger charge is -2.09. The molecule has 28 heavy (non-hydrogen) atoms. The Morgan fingerprint density at radius 2 is 1.61 bits per heavy atom. The van der Waals surface area contributed by atoms with Gasteiger partial charge in [0.25, 0.3) is 0 Å². The third kappa shape index (κ3) is 5.84. The van der Waals surface area contributed by atoms with Crippen LogP contribution in [0.3, 0.4) is 0 Å². The molecular weight excluding hydrogens is 357 g/mol. The molecule has 4 nitrogen and oxygen atoms in total. The normalized spacial score (nSPS) is 10.4. The monoisotopic (exact) mass is 379 g/mol. The van der Waals surface area contributed by atoms with E-state index in [1.165, 1.54) is 12.1 Å². The van der Waals surface area contributed by atoms with E-state index in [0.29, 0.717) is 30.9 Å². The molecule has 0 aliphatic rings. The molecule has 0 bridgehead atoms. The lowest BCUT2D eigenvalue weighted by atomic mass is 10.1. The van der Waals surface area contributed by atoms with Gasteiger partial charge in [0.1, 0.15) is 23.1 Å². The molecule has 3 rings (SSSR count). The molecule has 0 radical (unpaired) electrons. The number of ether oxygens (including phenoxy) is 2. The molecule has 0 saturated carbocycles. The summed E-state index contributed by atoms with van der Waals surface area (Å²) in [6, 6.07) is 21.0. The number of hydrogen-bond donors (Lipinski definition) is 1. The van der Waals surface area contributed by atoms with Crippen molar-refractivity contribution in [3.8, 4) is 17.2 Å². The fraction of sp³-hybridized carbons (Fsp3) is 0.174. The number of benzene rings is 3. The number of halogens is 1. The second-order valence-corrected chi connectivity index (χ2v) is 6.33. The van der Waals surface area contributed by atoms with Crippen LogP contribution in [-0.2, 0) is 17.8 Å². The molecule has 1 N–H and O–H groups in total. The first-order valence-corrected chi connectivity index (χ1v) is 9.04. The van der Waals surface area contributed by atoms with E-state index >= 15 is 0 Å². The van der Waals surface area contributed by atoms with Crippen LogP contribution in [0.5, 0.6) is 17.2 Å². The Bertz CT molecular complexity index is 908. The summed E-state index contributed by atoms with van der Waals surface area (Å²) in [4.78, 5) is 12.1. The molecular formula is C23H22FNO3. The molecule has 0 spiro atoms. The van der Waals surface area contributed by atoms with Crippen LogP contribution in [0.25, 0.3) is 0 Å². The Morgan fingerprint density at radius 1 is 0.893 bits per heavy atom. The number of aryl methyl sites for hydroxylation is 1. The summed E-state index contributed by atoms with van der Waals surface area (Å²) in [5.74, 6) is 1.69. The van der Waals surface area contributed by atoms with Gasteiger partial charge < -0.3 is 14.8 Å².